The summed E-state index contributed by atoms with van der Waals surface area (Å²) in [6.07, 6.45) is 0. The Hall–Kier alpha value is -2.09. The number of aromatic nitrogens is 2. The summed E-state index contributed by atoms with van der Waals surface area (Å²) < 4.78 is 29.8. The van der Waals surface area contributed by atoms with Crippen molar-refractivity contribution in [1.29, 1.82) is 0 Å². The number of rotatable bonds is 8. The molecule has 2 aromatic carbocycles. The van der Waals surface area contributed by atoms with Crippen molar-refractivity contribution >= 4 is 51.6 Å². The average molecular weight is 443 g/mol. The maximum atomic E-state index is 14.2. The second-order valence-corrected chi connectivity index (χ2v) is 7.45. The van der Waals surface area contributed by atoms with Gasteiger partial charge in [-0.15, -0.1) is 0 Å². The average Bonchev–Trinajstić information content (AvgIpc) is 3.02. The highest BCUT2D eigenvalue weighted by Crippen LogP contribution is 2.35. The maximum absolute atomic E-state index is 14.2. The number of hydrogen-bond donors (Lipinski definition) is 2. The third-order valence-electron chi connectivity index (χ3n) is 4.65. The number of aliphatic hydroxyl groups excluding tert-OH is 1. The van der Waals surface area contributed by atoms with Crippen LogP contribution < -0.4 is 10.2 Å². The number of para-hydroxylation sites is 1. The van der Waals surface area contributed by atoms with Crippen LogP contribution in [0, 0.1) is 0 Å². The number of benzene rings is 2. The van der Waals surface area contributed by atoms with Crippen molar-refractivity contribution in [2.75, 3.05) is 29.9 Å². The molecule has 29 heavy (non-hydrogen) atoms. The van der Waals surface area contributed by atoms with Crippen molar-refractivity contribution in [2.45, 2.75) is 26.3 Å². The van der Waals surface area contributed by atoms with Crippen molar-refractivity contribution in [1.82, 2.24) is 9.55 Å². The molecule has 1 aromatic heterocycles. The second-order valence-electron chi connectivity index (χ2n) is 6.60. The number of fused-ring (bicyclic) bond motifs is 1. The van der Waals surface area contributed by atoms with Crippen LogP contribution >= 0.6 is 23.2 Å². The molecule has 2 N–H and O–H groups in total. The molecule has 9 heteroatoms. The number of alkyl halides is 2. The molecule has 0 bridgehead atoms. The van der Waals surface area contributed by atoms with E-state index >= 15 is 0 Å². The molecule has 0 aliphatic carbocycles. The van der Waals surface area contributed by atoms with E-state index in [0.717, 1.165) is 5.69 Å². The van der Waals surface area contributed by atoms with Gasteiger partial charge in [-0.05, 0) is 44.2 Å². The molecule has 3 aromatic rings. The van der Waals surface area contributed by atoms with Crippen LogP contribution in [-0.4, -0.2) is 40.3 Å². The van der Waals surface area contributed by atoms with E-state index in [4.69, 9.17) is 28.3 Å². The summed E-state index contributed by atoms with van der Waals surface area (Å²) in [6.45, 7) is 3.43. The first-order valence-corrected chi connectivity index (χ1v) is 10.00. The molecule has 0 aliphatic heterocycles. The Morgan fingerprint density at radius 3 is 2.52 bits per heavy atom. The van der Waals surface area contributed by atoms with Crippen LogP contribution in [0.1, 0.15) is 13.8 Å². The molecule has 0 radical (unpaired) electrons. The molecular formula is C20H22Cl2F2N4O. The van der Waals surface area contributed by atoms with Crippen LogP contribution in [0.2, 0.25) is 10.0 Å². The van der Waals surface area contributed by atoms with Gasteiger partial charge in [0.2, 0.25) is 5.95 Å². The Bertz CT molecular complexity index is 1010. The minimum Gasteiger partial charge on any atom is -0.390 e. The lowest BCUT2D eigenvalue weighted by molar-refractivity contribution is -0.0617. The van der Waals surface area contributed by atoms with Crippen LogP contribution in [0.4, 0.5) is 26.1 Å². The monoisotopic (exact) mass is 442 g/mol. The fraction of sp³-hybridized carbons (Fsp3) is 0.350. The highest BCUT2D eigenvalue weighted by atomic mass is 35.5. The molecule has 0 saturated carbocycles. The normalized spacial score (nSPS) is 11.8. The van der Waals surface area contributed by atoms with Crippen LogP contribution in [0.5, 0.6) is 0 Å². The summed E-state index contributed by atoms with van der Waals surface area (Å²) in [5.74, 6) is -3.11. The number of imidazole rings is 1. The summed E-state index contributed by atoms with van der Waals surface area (Å²) in [6, 6.07) is 10.4. The van der Waals surface area contributed by atoms with Crippen molar-refractivity contribution in [3.8, 4) is 0 Å². The molecule has 0 atom stereocenters. The van der Waals surface area contributed by atoms with Gasteiger partial charge in [-0.2, -0.15) is 0 Å². The van der Waals surface area contributed by atoms with Crippen LogP contribution in [0.3, 0.4) is 0 Å². The lowest BCUT2D eigenvalue weighted by Crippen LogP contribution is -2.29. The summed E-state index contributed by atoms with van der Waals surface area (Å²) in [7, 11) is 0. The third kappa shape index (κ3) is 4.57. The lowest BCUT2D eigenvalue weighted by atomic mass is 10.2. The summed E-state index contributed by atoms with van der Waals surface area (Å²) in [4.78, 5) is 6.59. The molecule has 1 heterocycles. The molecule has 0 fully saturated rings. The highest BCUT2D eigenvalue weighted by molar-refractivity contribution is 6.36. The smallest absolute Gasteiger partial charge is 0.288 e. The van der Waals surface area contributed by atoms with Gasteiger partial charge in [0.1, 0.15) is 6.61 Å². The Kier molecular flexibility index (Phi) is 6.51. The topological polar surface area (TPSA) is 53.3 Å². The van der Waals surface area contributed by atoms with Crippen molar-refractivity contribution in [3.63, 3.8) is 0 Å². The van der Waals surface area contributed by atoms with Gasteiger partial charge in [0.05, 0.1) is 34.0 Å². The maximum Gasteiger partial charge on any atom is 0.288 e. The van der Waals surface area contributed by atoms with Crippen LogP contribution in [0.15, 0.2) is 36.4 Å². The predicted molar refractivity (Wildman–Crippen MR) is 115 cm³/mol. The van der Waals surface area contributed by atoms with Crippen molar-refractivity contribution < 1.29 is 13.9 Å². The molecule has 0 aliphatic rings. The Morgan fingerprint density at radius 2 is 1.90 bits per heavy atom. The van der Waals surface area contributed by atoms with E-state index < -0.39 is 19.1 Å². The summed E-state index contributed by atoms with van der Waals surface area (Å²) in [5, 5.41) is 13.0. The molecule has 0 saturated heterocycles. The van der Waals surface area contributed by atoms with E-state index in [9.17, 15) is 8.78 Å². The first-order valence-electron chi connectivity index (χ1n) is 9.24. The van der Waals surface area contributed by atoms with Gasteiger partial charge >= 0.3 is 0 Å². The van der Waals surface area contributed by atoms with Gasteiger partial charge in [-0.3, -0.25) is 0 Å². The van der Waals surface area contributed by atoms with E-state index in [1.807, 2.05) is 26.0 Å². The zero-order valence-corrected chi connectivity index (χ0v) is 17.6. The zero-order valence-electron chi connectivity index (χ0n) is 16.1. The summed E-state index contributed by atoms with van der Waals surface area (Å²) >= 11 is 12.2. The van der Waals surface area contributed by atoms with Crippen molar-refractivity contribution in [2.24, 2.45) is 0 Å². The van der Waals surface area contributed by atoms with E-state index in [1.165, 1.54) is 4.57 Å². The van der Waals surface area contributed by atoms with Crippen LogP contribution in [0.25, 0.3) is 11.0 Å². The van der Waals surface area contributed by atoms with Crippen LogP contribution in [-0.2, 0) is 6.54 Å². The Labute approximate surface area is 177 Å². The number of anilines is 3. The number of aliphatic hydroxyl groups is 1. The van der Waals surface area contributed by atoms with E-state index in [-0.39, 0.29) is 5.95 Å². The Morgan fingerprint density at radius 1 is 1.17 bits per heavy atom. The fourth-order valence-corrected chi connectivity index (χ4v) is 3.68. The number of nitrogens with one attached hydrogen (secondary N) is 1. The molecular weight excluding hydrogens is 421 g/mol. The molecule has 0 unspecified atom stereocenters. The van der Waals surface area contributed by atoms with E-state index in [0.29, 0.717) is 39.9 Å². The Balaban J connectivity index is 2.19. The SMILES string of the molecule is CCN(CC)c1cccc2nc(Nc3ccc(Cl)cc3Cl)n(CC(F)(F)CO)c12. The van der Waals surface area contributed by atoms with Gasteiger partial charge in [-0.25, -0.2) is 13.8 Å². The highest BCUT2D eigenvalue weighted by Gasteiger charge is 2.31. The molecule has 0 spiro atoms. The van der Waals surface area contributed by atoms with E-state index in [1.54, 1.807) is 24.3 Å². The standard InChI is InChI=1S/C20H22Cl2F2N4O/c1-3-27(4-2)17-7-5-6-16-18(17)28(11-20(23,24)12-29)19(26-16)25-15-9-8-13(21)10-14(15)22/h5-10,29H,3-4,11-12H2,1-2H3,(H,25,26). The number of nitrogens with zero attached hydrogens (tertiary/aromatic N) is 3. The van der Waals surface area contributed by atoms with Gasteiger partial charge in [0.25, 0.3) is 5.92 Å². The molecule has 5 nitrogen and oxygen atoms in total. The molecule has 156 valence electrons. The van der Waals surface area contributed by atoms with Crippen molar-refractivity contribution in [3.05, 3.63) is 46.4 Å². The fourth-order valence-electron chi connectivity index (χ4n) is 3.23. The molecule has 3 rings (SSSR count). The van der Waals surface area contributed by atoms with Gasteiger partial charge in [0, 0.05) is 18.1 Å². The minimum atomic E-state index is -3.32. The molecule has 0 amide bonds. The lowest BCUT2D eigenvalue weighted by Gasteiger charge is -2.24. The van der Waals surface area contributed by atoms with Gasteiger partial charge < -0.3 is 19.9 Å². The third-order valence-corrected chi connectivity index (χ3v) is 5.20. The second kappa shape index (κ2) is 8.73. The first kappa shape index (κ1) is 21.6. The summed E-state index contributed by atoms with van der Waals surface area (Å²) in [5.41, 5.74) is 2.42. The number of halogens is 4. The quantitative estimate of drug-likeness (QED) is 0.479. The van der Waals surface area contributed by atoms with Gasteiger partial charge in [-0.1, -0.05) is 29.3 Å². The largest absolute Gasteiger partial charge is 0.390 e. The zero-order chi connectivity index (χ0) is 21.2. The first-order chi connectivity index (χ1) is 13.8. The van der Waals surface area contributed by atoms with Gasteiger partial charge in [0.15, 0.2) is 0 Å². The van der Waals surface area contributed by atoms with E-state index in [2.05, 4.69) is 15.2 Å². The predicted octanol–water partition coefficient (Wildman–Crippen LogP) is 5.56. The number of hydrogen-bond acceptors (Lipinski definition) is 4. The minimum absolute atomic E-state index is 0.206.